The molecule has 98 valence electrons. The maximum Gasteiger partial charge on any atom is 0.107 e. The Kier molecular flexibility index (Phi) is 4.07. The summed E-state index contributed by atoms with van der Waals surface area (Å²) in [6, 6.07) is 8.89. The number of nitrogens with zero attached hydrogens (tertiary/aromatic N) is 1. The molecular weight excluding hydrogens is 274 g/mol. The van der Waals surface area contributed by atoms with Gasteiger partial charge in [0.2, 0.25) is 0 Å². The zero-order valence-corrected chi connectivity index (χ0v) is 12.0. The van der Waals surface area contributed by atoms with Crippen molar-refractivity contribution < 1.29 is 0 Å². The molecule has 0 saturated carbocycles. The van der Waals surface area contributed by atoms with Gasteiger partial charge in [0, 0.05) is 35.1 Å². The van der Waals surface area contributed by atoms with Crippen LogP contribution in [0, 0.1) is 0 Å². The third kappa shape index (κ3) is 3.12. The standard InChI is InChI=1S/C14H15N3S2/c1-3-11(18-9-1)14(12-4-2-10-19-12)17-6-5-13-15-7-8-16-13/h1-4,7-10,14,17H,5-6H2,(H,15,16). The largest absolute Gasteiger partial charge is 0.349 e. The summed E-state index contributed by atoms with van der Waals surface area (Å²) < 4.78 is 0. The minimum Gasteiger partial charge on any atom is -0.349 e. The summed E-state index contributed by atoms with van der Waals surface area (Å²) in [5.41, 5.74) is 0. The van der Waals surface area contributed by atoms with Gasteiger partial charge in [-0.05, 0) is 22.9 Å². The normalized spacial score (nSPS) is 11.2. The Balaban J connectivity index is 1.67. The van der Waals surface area contributed by atoms with Gasteiger partial charge in [-0.15, -0.1) is 22.7 Å². The highest BCUT2D eigenvalue weighted by atomic mass is 32.1. The van der Waals surface area contributed by atoms with Crippen LogP contribution in [0.15, 0.2) is 47.4 Å². The number of imidazole rings is 1. The molecule has 3 rings (SSSR count). The second kappa shape index (κ2) is 6.14. The van der Waals surface area contributed by atoms with Crippen LogP contribution in [0.4, 0.5) is 0 Å². The topological polar surface area (TPSA) is 40.7 Å². The SMILES string of the molecule is c1csc(C(NCCc2ncc[nH]2)c2cccs2)c1. The second-order valence-electron chi connectivity index (χ2n) is 4.20. The van der Waals surface area contributed by atoms with Gasteiger partial charge in [0.15, 0.2) is 0 Å². The quantitative estimate of drug-likeness (QED) is 0.729. The monoisotopic (exact) mass is 289 g/mol. The Hall–Kier alpha value is -1.43. The number of aromatic nitrogens is 2. The zero-order valence-electron chi connectivity index (χ0n) is 10.4. The zero-order chi connectivity index (χ0) is 12.9. The molecule has 19 heavy (non-hydrogen) atoms. The van der Waals surface area contributed by atoms with Crippen molar-refractivity contribution in [3.8, 4) is 0 Å². The van der Waals surface area contributed by atoms with E-state index in [0.717, 1.165) is 18.8 Å². The predicted molar refractivity (Wildman–Crippen MR) is 80.8 cm³/mol. The van der Waals surface area contributed by atoms with Crippen molar-refractivity contribution in [3.63, 3.8) is 0 Å². The maximum absolute atomic E-state index is 4.25. The molecule has 3 aromatic heterocycles. The van der Waals surface area contributed by atoms with E-state index in [2.05, 4.69) is 50.3 Å². The maximum atomic E-state index is 4.25. The summed E-state index contributed by atoms with van der Waals surface area (Å²) in [5.74, 6) is 1.03. The highest BCUT2D eigenvalue weighted by molar-refractivity contribution is 7.11. The Labute approximate surface area is 120 Å². The van der Waals surface area contributed by atoms with Crippen LogP contribution >= 0.6 is 22.7 Å². The molecule has 2 N–H and O–H groups in total. The van der Waals surface area contributed by atoms with Crippen molar-refractivity contribution in [2.24, 2.45) is 0 Å². The molecule has 0 unspecified atom stereocenters. The molecular formula is C14H15N3S2. The van der Waals surface area contributed by atoms with Crippen molar-refractivity contribution in [1.29, 1.82) is 0 Å². The molecule has 3 nitrogen and oxygen atoms in total. The van der Waals surface area contributed by atoms with Gasteiger partial charge in [0.05, 0.1) is 6.04 Å². The molecule has 0 saturated heterocycles. The molecule has 0 aromatic carbocycles. The summed E-state index contributed by atoms with van der Waals surface area (Å²) >= 11 is 3.60. The van der Waals surface area contributed by atoms with Gasteiger partial charge in [0.25, 0.3) is 0 Å². The molecule has 3 heterocycles. The first-order valence-electron chi connectivity index (χ1n) is 6.22. The summed E-state index contributed by atoms with van der Waals surface area (Å²) in [4.78, 5) is 10.1. The van der Waals surface area contributed by atoms with E-state index < -0.39 is 0 Å². The molecule has 5 heteroatoms. The van der Waals surface area contributed by atoms with Crippen LogP contribution < -0.4 is 5.32 Å². The van der Waals surface area contributed by atoms with Gasteiger partial charge in [-0.25, -0.2) is 4.98 Å². The van der Waals surface area contributed by atoms with Crippen LogP contribution in [-0.4, -0.2) is 16.5 Å². The molecule has 0 spiro atoms. The van der Waals surface area contributed by atoms with Crippen LogP contribution in [0.3, 0.4) is 0 Å². The fraction of sp³-hybridized carbons (Fsp3) is 0.214. The third-order valence-corrected chi connectivity index (χ3v) is 4.79. The highest BCUT2D eigenvalue weighted by Crippen LogP contribution is 2.28. The van der Waals surface area contributed by atoms with Crippen molar-refractivity contribution in [3.05, 3.63) is 63.0 Å². The highest BCUT2D eigenvalue weighted by Gasteiger charge is 2.15. The fourth-order valence-electron chi connectivity index (χ4n) is 2.02. The first kappa shape index (κ1) is 12.6. The van der Waals surface area contributed by atoms with Crippen LogP contribution in [0.25, 0.3) is 0 Å². The van der Waals surface area contributed by atoms with Crippen molar-refractivity contribution in [2.45, 2.75) is 12.5 Å². The molecule has 0 aliphatic carbocycles. The van der Waals surface area contributed by atoms with E-state index >= 15 is 0 Å². The summed E-state index contributed by atoms with van der Waals surface area (Å²) in [5, 5.41) is 7.88. The number of rotatable bonds is 6. The first-order chi connectivity index (χ1) is 9.43. The Bertz CT molecular complexity index is 536. The van der Waals surface area contributed by atoms with E-state index in [1.54, 1.807) is 28.9 Å². The third-order valence-electron chi connectivity index (χ3n) is 2.92. The smallest absolute Gasteiger partial charge is 0.107 e. The molecule has 0 aliphatic rings. The lowest BCUT2D eigenvalue weighted by molar-refractivity contribution is 0.613. The van der Waals surface area contributed by atoms with E-state index in [-0.39, 0.29) is 0 Å². The number of hydrogen-bond acceptors (Lipinski definition) is 4. The van der Waals surface area contributed by atoms with E-state index in [1.165, 1.54) is 9.75 Å². The first-order valence-corrected chi connectivity index (χ1v) is 7.98. The van der Waals surface area contributed by atoms with Crippen LogP contribution in [0.1, 0.15) is 21.6 Å². The van der Waals surface area contributed by atoms with Gasteiger partial charge < -0.3 is 10.3 Å². The number of aromatic amines is 1. The van der Waals surface area contributed by atoms with Crippen LogP contribution in [-0.2, 0) is 6.42 Å². The Morgan fingerprint density at radius 2 is 1.89 bits per heavy atom. The number of hydrogen-bond donors (Lipinski definition) is 2. The van der Waals surface area contributed by atoms with Gasteiger partial charge in [-0.3, -0.25) is 0 Å². The van der Waals surface area contributed by atoms with Gasteiger partial charge in [-0.1, -0.05) is 12.1 Å². The minimum absolute atomic E-state index is 0.301. The fourth-order valence-corrected chi connectivity index (χ4v) is 3.73. The van der Waals surface area contributed by atoms with Crippen molar-refractivity contribution in [2.75, 3.05) is 6.54 Å². The molecule has 0 fully saturated rings. The van der Waals surface area contributed by atoms with E-state index in [1.807, 2.05) is 6.20 Å². The predicted octanol–water partition coefficient (Wildman–Crippen LogP) is 3.45. The molecule has 0 radical (unpaired) electrons. The molecule has 0 amide bonds. The van der Waals surface area contributed by atoms with E-state index in [4.69, 9.17) is 0 Å². The Morgan fingerprint density at radius 1 is 1.16 bits per heavy atom. The molecule has 3 aromatic rings. The summed E-state index contributed by atoms with van der Waals surface area (Å²) in [6.45, 7) is 0.911. The molecule has 0 aliphatic heterocycles. The van der Waals surface area contributed by atoms with Gasteiger partial charge >= 0.3 is 0 Å². The number of nitrogens with one attached hydrogen (secondary N) is 2. The lowest BCUT2D eigenvalue weighted by Gasteiger charge is -2.15. The van der Waals surface area contributed by atoms with Crippen LogP contribution in [0.5, 0.6) is 0 Å². The summed E-state index contributed by atoms with van der Waals surface area (Å²) in [6.07, 6.45) is 4.58. The molecule has 0 bridgehead atoms. The summed E-state index contributed by atoms with van der Waals surface area (Å²) in [7, 11) is 0. The number of thiophene rings is 2. The minimum atomic E-state index is 0.301. The average molecular weight is 289 g/mol. The van der Waals surface area contributed by atoms with Gasteiger partial charge in [0.1, 0.15) is 5.82 Å². The van der Waals surface area contributed by atoms with Crippen LogP contribution in [0.2, 0.25) is 0 Å². The molecule has 0 atom stereocenters. The van der Waals surface area contributed by atoms with E-state index in [9.17, 15) is 0 Å². The second-order valence-corrected chi connectivity index (χ2v) is 6.16. The van der Waals surface area contributed by atoms with Crippen molar-refractivity contribution in [1.82, 2.24) is 15.3 Å². The lowest BCUT2D eigenvalue weighted by atomic mass is 10.2. The Morgan fingerprint density at radius 3 is 2.42 bits per heavy atom. The lowest BCUT2D eigenvalue weighted by Crippen LogP contribution is -2.23. The number of H-pyrrole nitrogens is 1. The van der Waals surface area contributed by atoms with Gasteiger partial charge in [-0.2, -0.15) is 0 Å². The van der Waals surface area contributed by atoms with Crippen molar-refractivity contribution >= 4 is 22.7 Å². The van der Waals surface area contributed by atoms with E-state index in [0.29, 0.717) is 6.04 Å². The average Bonchev–Trinajstić information content (AvgIpc) is 3.15.